The maximum absolute atomic E-state index is 12.3. The van der Waals surface area contributed by atoms with Gasteiger partial charge in [-0.05, 0) is 57.2 Å². The van der Waals surface area contributed by atoms with E-state index in [-0.39, 0.29) is 29.3 Å². The Hall–Kier alpha value is -3.02. The molecule has 0 aliphatic carbocycles. The van der Waals surface area contributed by atoms with Crippen LogP contribution in [0.2, 0.25) is 0 Å². The number of nitrogens with zero attached hydrogens (tertiary/aromatic N) is 1. The standard InChI is InChI=1S/C18H19N3O3/c1-11(2)20-18(24)16-10-14(8-9-19-16)17(23)21-15-6-4-13(5-7-15)12(3)22/h4-11H,1-3H3,(H,20,24)(H,21,23). The molecule has 0 unspecified atom stereocenters. The summed E-state index contributed by atoms with van der Waals surface area (Å²) in [5, 5.41) is 5.45. The highest BCUT2D eigenvalue weighted by Crippen LogP contribution is 2.12. The van der Waals surface area contributed by atoms with Crippen molar-refractivity contribution in [3.8, 4) is 0 Å². The summed E-state index contributed by atoms with van der Waals surface area (Å²) < 4.78 is 0. The molecule has 0 saturated heterocycles. The van der Waals surface area contributed by atoms with Gasteiger partial charge in [0.05, 0.1) is 0 Å². The lowest BCUT2D eigenvalue weighted by Crippen LogP contribution is -2.31. The SMILES string of the molecule is CC(=O)c1ccc(NC(=O)c2ccnc(C(=O)NC(C)C)c2)cc1. The third-order valence-corrected chi connectivity index (χ3v) is 3.22. The van der Waals surface area contributed by atoms with Crippen LogP contribution >= 0.6 is 0 Å². The van der Waals surface area contributed by atoms with Crippen LogP contribution in [0.3, 0.4) is 0 Å². The first-order valence-electron chi connectivity index (χ1n) is 7.56. The van der Waals surface area contributed by atoms with Gasteiger partial charge in [-0.3, -0.25) is 19.4 Å². The number of ketones is 1. The van der Waals surface area contributed by atoms with Crippen molar-refractivity contribution in [2.75, 3.05) is 5.32 Å². The number of hydrogen-bond acceptors (Lipinski definition) is 4. The van der Waals surface area contributed by atoms with E-state index >= 15 is 0 Å². The second-order valence-electron chi connectivity index (χ2n) is 5.65. The van der Waals surface area contributed by atoms with Crippen LogP contribution in [0.25, 0.3) is 0 Å². The van der Waals surface area contributed by atoms with Gasteiger partial charge in [-0.15, -0.1) is 0 Å². The number of Topliss-reactive ketones (excluding diaryl/α,β-unsaturated/α-hetero) is 1. The van der Waals surface area contributed by atoms with E-state index in [0.29, 0.717) is 16.8 Å². The van der Waals surface area contributed by atoms with Crippen molar-refractivity contribution >= 4 is 23.3 Å². The quantitative estimate of drug-likeness (QED) is 0.827. The normalized spacial score (nSPS) is 10.3. The van der Waals surface area contributed by atoms with Gasteiger partial charge in [0.15, 0.2) is 5.78 Å². The van der Waals surface area contributed by atoms with Crippen LogP contribution in [0.1, 0.15) is 52.0 Å². The molecular formula is C18H19N3O3. The fourth-order valence-corrected chi connectivity index (χ4v) is 2.02. The van der Waals surface area contributed by atoms with Gasteiger partial charge in [0.2, 0.25) is 0 Å². The summed E-state index contributed by atoms with van der Waals surface area (Å²) in [5.41, 5.74) is 1.65. The fourth-order valence-electron chi connectivity index (χ4n) is 2.02. The fraction of sp³-hybridized carbons (Fsp3) is 0.222. The molecule has 0 spiro atoms. The van der Waals surface area contributed by atoms with Gasteiger partial charge >= 0.3 is 0 Å². The molecule has 124 valence electrons. The molecule has 0 aliphatic heterocycles. The number of aromatic nitrogens is 1. The topological polar surface area (TPSA) is 88.2 Å². The van der Waals surface area contributed by atoms with E-state index in [4.69, 9.17) is 0 Å². The summed E-state index contributed by atoms with van der Waals surface area (Å²) in [6, 6.07) is 9.56. The van der Waals surface area contributed by atoms with E-state index in [2.05, 4.69) is 15.6 Å². The average molecular weight is 325 g/mol. The van der Waals surface area contributed by atoms with Crippen LogP contribution in [0.15, 0.2) is 42.6 Å². The average Bonchev–Trinajstić information content (AvgIpc) is 2.54. The van der Waals surface area contributed by atoms with E-state index in [1.165, 1.54) is 25.3 Å². The van der Waals surface area contributed by atoms with Crippen molar-refractivity contribution < 1.29 is 14.4 Å². The first-order valence-corrected chi connectivity index (χ1v) is 7.56. The molecule has 1 aromatic carbocycles. The minimum Gasteiger partial charge on any atom is -0.349 e. The van der Waals surface area contributed by atoms with Crippen molar-refractivity contribution in [3.05, 3.63) is 59.4 Å². The molecule has 6 heteroatoms. The third-order valence-electron chi connectivity index (χ3n) is 3.22. The smallest absolute Gasteiger partial charge is 0.270 e. The number of anilines is 1. The molecule has 0 atom stereocenters. The van der Waals surface area contributed by atoms with Crippen LogP contribution < -0.4 is 10.6 Å². The number of pyridine rings is 1. The number of rotatable bonds is 5. The van der Waals surface area contributed by atoms with E-state index in [0.717, 1.165) is 0 Å². The van der Waals surface area contributed by atoms with Crippen LogP contribution in [-0.2, 0) is 0 Å². The van der Waals surface area contributed by atoms with Gasteiger partial charge in [-0.2, -0.15) is 0 Å². The summed E-state index contributed by atoms with van der Waals surface area (Å²) in [7, 11) is 0. The summed E-state index contributed by atoms with van der Waals surface area (Å²) in [5.74, 6) is -0.722. The molecule has 24 heavy (non-hydrogen) atoms. The monoisotopic (exact) mass is 325 g/mol. The Morgan fingerprint density at radius 2 is 1.62 bits per heavy atom. The molecule has 1 heterocycles. The maximum atomic E-state index is 12.3. The van der Waals surface area contributed by atoms with E-state index in [1.807, 2.05) is 13.8 Å². The van der Waals surface area contributed by atoms with Gasteiger partial charge in [0.25, 0.3) is 11.8 Å². The van der Waals surface area contributed by atoms with Crippen LogP contribution in [0, 0.1) is 0 Å². The molecular weight excluding hydrogens is 306 g/mol. The summed E-state index contributed by atoms with van der Waals surface area (Å²) in [4.78, 5) is 39.5. The zero-order valence-electron chi connectivity index (χ0n) is 13.8. The first kappa shape index (κ1) is 17.3. The molecule has 0 bridgehead atoms. The Labute approximate surface area is 140 Å². The zero-order valence-corrected chi connectivity index (χ0v) is 13.8. The van der Waals surface area contributed by atoms with Gasteiger partial charge < -0.3 is 10.6 Å². The second kappa shape index (κ2) is 7.50. The number of nitrogens with one attached hydrogen (secondary N) is 2. The largest absolute Gasteiger partial charge is 0.349 e. The Balaban J connectivity index is 2.12. The molecule has 6 nitrogen and oxygen atoms in total. The Kier molecular flexibility index (Phi) is 5.42. The highest BCUT2D eigenvalue weighted by molar-refractivity contribution is 6.06. The van der Waals surface area contributed by atoms with Crippen LogP contribution in [-0.4, -0.2) is 28.6 Å². The van der Waals surface area contributed by atoms with Gasteiger partial charge in [-0.1, -0.05) is 0 Å². The van der Waals surface area contributed by atoms with E-state index in [1.54, 1.807) is 24.3 Å². The molecule has 0 saturated carbocycles. The number of amides is 2. The van der Waals surface area contributed by atoms with Crippen molar-refractivity contribution in [1.29, 1.82) is 0 Å². The van der Waals surface area contributed by atoms with E-state index < -0.39 is 0 Å². The summed E-state index contributed by atoms with van der Waals surface area (Å²) >= 11 is 0. The molecule has 2 amide bonds. The lowest BCUT2D eigenvalue weighted by Gasteiger charge is -2.09. The van der Waals surface area contributed by atoms with Crippen LogP contribution in [0.4, 0.5) is 5.69 Å². The number of carbonyl (C=O) groups is 3. The molecule has 0 fully saturated rings. The molecule has 2 N–H and O–H groups in total. The van der Waals surface area contributed by atoms with Crippen molar-refractivity contribution in [2.45, 2.75) is 26.8 Å². The summed E-state index contributed by atoms with van der Waals surface area (Å²) in [6.45, 7) is 5.17. The minimum absolute atomic E-state index is 0.0171. The molecule has 2 aromatic rings. The van der Waals surface area contributed by atoms with Gasteiger partial charge in [-0.25, -0.2) is 0 Å². The zero-order chi connectivity index (χ0) is 17.7. The van der Waals surface area contributed by atoms with Crippen LogP contribution in [0.5, 0.6) is 0 Å². The number of carbonyl (C=O) groups excluding carboxylic acids is 3. The Bertz CT molecular complexity index is 767. The van der Waals surface area contributed by atoms with E-state index in [9.17, 15) is 14.4 Å². The Morgan fingerprint density at radius 3 is 2.21 bits per heavy atom. The highest BCUT2D eigenvalue weighted by atomic mass is 16.2. The minimum atomic E-state index is -0.355. The van der Waals surface area contributed by atoms with Crippen molar-refractivity contribution in [3.63, 3.8) is 0 Å². The molecule has 1 aromatic heterocycles. The number of benzene rings is 1. The lowest BCUT2D eigenvalue weighted by atomic mass is 10.1. The predicted octanol–water partition coefficient (Wildman–Crippen LogP) is 2.67. The second-order valence-corrected chi connectivity index (χ2v) is 5.65. The highest BCUT2D eigenvalue weighted by Gasteiger charge is 2.13. The first-order chi connectivity index (χ1) is 11.4. The molecule has 0 aliphatic rings. The van der Waals surface area contributed by atoms with Gasteiger partial charge in [0.1, 0.15) is 5.69 Å². The number of hydrogen-bond donors (Lipinski definition) is 2. The molecule has 2 rings (SSSR count). The third kappa shape index (κ3) is 4.49. The maximum Gasteiger partial charge on any atom is 0.270 e. The van der Waals surface area contributed by atoms with Crippen molar-refractivity contribution in [2.24, 2.45) is 0 Å². The Morgan fingerprint density at radius 1 is 0.958 bits per heavy atom. The van der Waals surface area contributed by atoms with Gasteiger partial charge in [0, 0.05) is 29.1 Å². The summed E-state index contributed by atoms with van der Waals surface area (Å²) in [6.07, 6.45) is 1.42. The van der Waals surface area contributed by atoms with Crippen molar-refractivity contribution in [1.82, 2.24) is 10.3 Å². The lowest BCUT2D eigenvalue weighted by molar-refractivity contribution is 0.0937. The molecule has 0 radical (unpaired) electrons. The predicted molar refractivity (Wildman–Crippen MR) is 91.2 cm³/mol.